The minimum absolute atomic E-state index is 0.824. The van der Waals surface area contributed by atoms with Crippen LogP contribution in [0, 0.1) is 0 Å². The van der Waals surface area contributed by atoms with Gasteiger partial charge in [-0.05, 0) is 77.9 Å². The second-order valence-corrected chi connectivity index (χ2v) is 11.9. The quantitative estimate of drug-likeness (QED) is 0.187. The monoisotopic (exact) mass is 614 g/mol. The van der Waals surface area contributed by atoms with Crippen LogP contribution in [0.5, 0.6) is 0 Å². The summed E-state index contributed by atoms with van der Waals surface area (Å²) in [5.74, 6) is 0.824. The van der Waals surface area contributed by atoms with E-state index in [1.165, 1.54) is 10.8 Å². The van der Waals surface area contributed by atoms with E-state index in [4.69, 9.17) is 9.97 Å². The molecule has 0 aliphatic carbocycles. The third kappa shape index (κ3) is 4.79. The first-order chi connectivity index (χ1) is 23.8. The van der Waals surface area contributed by atoms with Gasteiger partial charge in [-0.15, -0.1) is 0 Å². The predicted octanol–water partition coefficient (Wildman–Crippen LogP) is 11.5. The summed E-state index contributed by atoms with van der Waals surface area (Å²) >= 11 is 0. The number of hydrogen-bond acceptors (Lipinski definition) is 3. The van der Waals surface area contributed by atoms with Gasteiger partial charge >= 0.3 is 0 Å². The summed E-state index contributed by atoms with van der Waals surface area (Å²) in [6.45, 7) is 0. The summed E-state index contributed by atoms with van der Waals surface area (Å²) in [5, 5.41) is 2.36. The van der Waals surface area contributed by atoms with Crippen LogP contribution in [0.3, 0.4) is 0 Å². The van der Waals surface area contributed by atoms with Crippen LogP contribution in [-0.4, -0.2) is 14.5 Å². The first kappa shape index (κ1) is 27.8. The summed E-state index contributed by atoms with van der Waals surface area (Å²) in [7, 11) is 0. The molecule has 48 heavy (non-hydrogen) atoms. The molecule has 2 aromatic heterocycles. The van der Waals surface area contributed by atoms with Crippen LogP contribution >= 0.6 is 0 Å². The highest BCUT2D eigenvalue weighted by atomic mass is 15.1. The standard InChI is InChI=1S/C44H30N4/c1-4-14-32(15-5-1)43-44(46-40-22-12-11-21-39(40)45-43)48-41-23-13-10-20-37(41)38-30-33(26-29-42(38)48)31-24-27-36(28-25-31)47(34-16-6-2-7-17-34)35-18-8-3-9-19-35/h1-30H. The van der Waals surface area contributed by atoms with Gasteiger partial charge in [0, 0.05) is 33.4 Å². The van der Waals surface area contributed by atoms with Crippen molar-refractivity contribution in [2.45, 2.75) is 0 Å². The highest BCUT2D eigenvalue weighted by Gasteiger charge is 2.20. The number of aromatic nitrogens is 3. The van der Waals surface area contributed by atoms with Gasteiger partial charge in [0.15, 0.2) is 5.82 Å². The van der Waals surface area contributed by atoms with Crippen molar-refractivity contribution < 1.29 is 0 Å². The number of nitrogens with zero attached hydrogens (tertiary/aromatic N) is 4. The Morgan fingerprint density at radius 1 is 0.375 bits per heavy atom. The first-order valence-corrected chi connectivity index (χ1v) is 16.2. The van der Waals surface area contributed by atoms with Crippen molar-refractivity contribution in [2.24, 2.45) is 0 Å². The van der Waals surface area contributed by atoms with Gasteiger partial charge in [0.05, 0.1) is 22.1 Å². The zero-order valence-electron chi connectivity index (χ0n) is 26.1. The van der Waals surface area contributed by atoms with E-state index in [2.05, 4.69) is 161 Å². The molecular formula is C44H30N4. The number of hydrogen-bond donors (Lipinski definition) is 0. The van der Waals surface area contributed by atoms with Crippen LogP contribution in [-0.2, 0) is 0 Å². The van der Waals surface area contributed by atoms with E-state index in [-0.39, 0.29) is 0 Å². The summed E-state index contributed by atoms with van der Waals surface area (Å²) in [4.78, 5) is 12.7. The Balaban J connectivity index is 1.19. The van der Waals surface area contributed by atoms with Gasteiger partial charge in [0.2, 0.25) is 0 Å². The minimum atomic E-state index is 0.824. The van der Waals surface area contributed by atoms with Crippen LogP contribution < -0.4 is 4.90 Å². The van der Waals surface area contributed by atoms with Crippen LogP contribution in [0.2, 0.25) is 0 Å². The van der Waals surface area contributed by atoms with E-state index in [1.54, 1.807) is 0 Å². The highest BCUT2D eigenvalue weighted by Crippen LogP contribution is 2.39. The zero-order valence-corrected chi connectivity index (χ0v) is 26.1. The fourth-order valence-electron chi connectivity index (χ4n) is 6.72. The van der Waals surface area contributed by atoms with Crippen molar-refractivity contribution in [3.05, 3.63) is 182 Å². The molecule has 2 heterocycles. The molecule has 4 heteroatoms. The van der Waals surface area contributed by atoms with Gasteiger partial charge in [0.1, 0.15) is 5.69 Å². The lowest BCUT2D eigenvalue weighted by Gasteiger charge is -2.25. The average molecular weight is 615 g/mol. The molecule has 7 aromatic carbocycles. The van der Waals surface area contributed by atoms with Crippen molar-refractivity contribution in [3.8, 4) is 28.2 Å². The van der Waals surface area contributed by atoms with Crippen LogP contribution in [0.1, 0.15) is 0 Å². The highest BCUT2D eigenvalue weighted by molar-refractivity contribution is 6.11. The average Bonchev–Trinajstić information content (AvgIpc) is 3.49. The molecule has 9 aromatic rings. The lowest BCUT2D eigenvalue weighted by molar-refractivity contribution is 1.08. The first-order valence-electron chi connectivity index (χ1n) is 16.2. The molecule has 0 radical (unpaired) electrons. The molecule has 0 unspecified atom stereocenters. The van der Waals surface area contributed by atoms with Crippen molar-refractivity contribution in [1.29, 1.82) is 0 Å². The second-order valence-electron chi connectivity index (χ2n) is 11.9. The topological polar surface area (TPSA) is 34.0 Å². The molecule has 0 atom stereocenters. The summed E-state index contributed by atoms with van der Waals surface area (Å²) in [6, 6.07) is 63.7. The predicted molar refractivity (Wildman–Crippen MR) is 199 cm³/mol. The number of para-hydroxylation sites is 5. The fourth-order valence-corrected chi connectivity index (χ4v) is 6.72. The van der Waals surface area contributed by atoms with Crippen molar-refractivity contribution in [2.75, 3.05) is 4.90 Å². The van der Waals surface area contributed by atoms with Gasteiger partial charge in [-0.1, -0.05) is 115 Å². The largest absolute Gasteiger partial charge is 0.311 e. The van der Waals surface area contributed by atoms with Gasteiger partial charge in [-0.2, -0.15) is 0 Å². The Labute approximate surface area is 278 Å². The Kier molecular flexibility index (Phi) is 6.76. The Morgan fingerprint density at radius 3 is 1.58 bits per heavy atom. The molecule has 0 bridgehead atoms. The molecule has 0 amide bonds. The molecule has 0 saturated heterocycles. The lowest BCUT2D eigenvalue weighted by atomic mass is 10.0. The maximum atomic E-state index is 5.25. The molecule has 0 fully saturated rings. The number of benzene rings is 7. The molecular weight excluding hydrogens is 585 g/mol. The van der Waals surface area contributed by atoms with Gasteiger partial charge in [-0.3, -0.25) is 4.57 Å². The zero-order chi connectivity index (χ0) is 31.9. The summed E-state index contributed by atoms with van der Waals surface area (Å²) < 4.78 is 2.27. The lowest BCUT2D eigenvalue weighted by Crippen LogP contribution is -2.09. The Morgan fingerprint density at radius 2 is 0.896 bits per heavy atom. The van der Waals surface area contributed by atoms with Gasteiger partial charge in [0.25, 0.3) is 0 Å². The molecule has 4 nitrogen and oxygen atoms in total. The van der Waals surface area contributed by atoms with Crippen molar-refractivity contribution in [3.63, 3.8) is 0 Å². The van der Waals surface area contributed by atoms with Crippen LogP contribution in [0.25, 0.3) is 61.0 Å². The molecule has 0 aliphatic rings. The second kappa shape index (κ2) is 11.7. The molecule has 226 valence electrons. The number of fused-ring (bicyclic) bond motifs is 4. The van der Waals surface area contributed by atoms with Crippen molar-refractivity contribution >= 4 is 49.9 Å². The molecule has 0 saturated carbocycles. The minimum Gasteiger partial charge on any atom is -0.311 e. The van der Waals surface area contributed by atoms with E-state index < -0.39 is 0 Å². The Bertz CT molecular complexity index is 2500. The van der Waals surface area contributed by atoms with E-state index >= 15 is 0 Å². The smallest absolute Gasteiger partial charge is 0.165 e. The third-order valence-corrected chi connectivity index (χ3v) is 8.97. The van der Waals surface area contributed by atoms with Crippen LogP contribution in [0.4, 0.5) is 17.1 Å². The van der Waals surface area contributed by atoms with Gasteiger partial charge in [-0.25, -0.2) is 9.97 Å². The van der Waals surface area contributed by atoms with E-state index in [0.29, 0.717) is 0 Å². The Hall–Kier alpha value is -6.52. The molecule has 0 aliphatic heterocycles. The summed E-state index contributed by atoms with van der Waals surface area (Å²) in [5.41, 5.74) is 11.5. The van der Waals surface area contributed by atoms with Crippen molar-refractivity contribution in [1.82, 2.24) is 14.5 Å². The SMILES string of the molecule is c1ccc(-c2nc3ccccc3nc2-n2c3ccccc3c3cc(-c4ccc(N(c5ccccc5)c5ccccc5)cc4)ccc32)cc1. The fraction of sp³-hybridized carbons (Fsp3) is 0. The number of anilines is 3. The van der Waals surface area contributed by atoms with E-state index in [9.17, 15) is 0 Å². The maximum absolute atomic E-state index is 5.25. The number of rotatable bonds is 6. The van der Waals surface area contributed by atoms with E-state index in [1.807, 2.05) is 30.3 Å². The van der Waals surface area contributed by atoms with Gasteiger partial charge < -0.3 is 4.90 Å². The van der Waals surface area contributed by atoms with Crippen LogP contribution in [0.15, 0.2) is 182 Å². The maximum Gasteiger partial charge on any atom is 0.165 e. The molecule has 0 spiro atoms. The molecule has 9 rings (SSSR count). The summed E-state index contributed by atoms with van der Waals surface area (Å²) in [6.07, 6.45) is 0. The van der Waals surface area contributed by atoms with E-state index in [0.717, 1.165) is 67.3 Å². The third-order valence-electron chi connectivity index (χ3n) is 8.97. The normalized spacial score (nSPS) is 11.3. The molecule has 0 N–H and O–H groups in total.